The minimum Gasteiger partial charge on any atom is -0.444 e. The molecule has 0 bridgehead atoms. The molecule has 0 aromatic carbocycles. The van der Waals surface area contributed by atoms with Gasteiger partial charge in [-0.3, -0.25) is 0 Å². The molecular weight excluding hydrogens is 292 g/mol. The summed E-state index contributed by atoms with van der Waals surface area (Å²) in [6.45, 7) is 10.7. The summed E-state index contributed by atoms with van der Waals surface area (Å²) >= 11 is 0. The van der Waals surface area contributed by atoms with E-state index >= 15 is 0 Å². The van der Waals surface area contributed by atoms with Gasteiger partial charge in [0.15, 0.2) is 9.84 Å². The highest BCUT2D eigenvalue weighted by molar-refractivity contribution is 7.92. The van der Waals surface area contributed by atoms with E-state index in [9.17, 15) is 13.2 Å². The van der Waals surface area contributed by atoms with Crippen LogP contribution < -0.4 is 5.32 Å². The first-order valence-electron chi connectivity index (χ1n) is 7.00. The lowest BCUT2D eigenvalue weighted by Gasteiger charge is -2.28. The van der Waals surface area contributed by atoms with E-state index in [0.29, 0.717) is 6.54 Å². The van der Waals surface area contributed by atoms with Gasteiger partial charge in [0.05, 0.1) is 16.5 Å². The number of likely N-dealkylation sites (N-methyl/N-ethyl adjacent to an activating group) is 1. The van der Waals surface area contributed by atoms with Crippen LogP contribution in [0.25, 0.3) is 0 Å². The lowest BCUT2D eigenvalue weighted by Crippen LogP contribution is -2.49. The van der Waals surface area contributed by atoms with Gasteiger partial charge in [-0.1, -0.05) is 0 Å². The molecule has 0 aliphatic carbocycles. The predicted molar refractivity (Wildman–Crippen MR) is 85.3 cm³/mol. The summed E-state index contributed by atoms with van der Waals surface area (Å²) in [7, 11) is 0.325. The molecule has 21 heavy (non-hydrogen) atoms. The summed E-state index contributed by atoms with van der Waals surface area (Å²) in [6, 6.07) is -0.515. The highest BCUT2D eigenvalue weighted by Gasteiger charge is 2.33. The first-order valence-corrected chi connectivity index (χ1v) is 8.66. The molecule has 1 N–H and O–H groups in total. The molecule has 1 unspecified atom stereocenters. The zero-order chi connectivity index (χ0) is 17.1. The van der Waals surface area contributed by atoms with Crippen molar-refractivity contribution >= 4 is 15.9 Å². The summed E-state index contributed by atoms with van der Waals surface area (Å²) in [4.78, 5) is 13.7. The Labute approximate surface area is 129 Å². The SMILES string of the molecule is CN(C)CC(CS(=O)(=O)C(C)(C)C)NC(=O)OC(C)(C)C. The second-order valence-electron chi connectivity index (χ2n) is 7.50. The summed E-state index contributed by atoms with van der Waals surface area (Å²) in [5.41, 5.74) is -0.615. The number of hydrogen-bond acceptors (Lipinski definition) is 5. The molecule has 0 heterocycles. The Morgan fingerprint density at radius 3 is 1.95 bits per heavy atom. The van der Waals surface area contributed by atoms with Crippen molar-refractivity contribution in [2.75, 3.05) is 26.4 Å². The van der Waals surface area contributed by atoms with Gasteiger partial charge in [0, 0.05) is 6.54 Å². The Morgan fingerprint density at radius 2 is 1.62 bits per heavy atom. The molecule has 0 rings (SSSR count). The fraction of sp³-hybridized carbons (Fsp3) is 0.929. The van der Waals surface area contributed by atoms with Crippen LogP contribution in [0.1, 0.15) is 41.5 Å². The van der Waals surface area contributed by atoms with Crippen LogP contribution in [0.15, 0.2) is 0 Å². The third-order valence-electron chi connectivity index (χ3n) is 2.66. The minimum absolute atomic E-state index is 0.117. The van der Waals surface area contributed by atoms with Crippen LogP contribution in [0, 0.1) is 0 Å². The Kier molecular flexibility index (Phi) is 6.69. The van der Waals surface area contributed by atoms with Crippen molar-refractivity contribution in [2.45, 2.75) is 57.9 Å². The molecule has 126 valence electrons. The van der Waals surface area contributed by atoms with Crippen LogP contribution in [0.2, 0.25) is 0 Å². The fourth-order valence-electron chi connectivity index (χ4n) is 1.57. The van der Waals surface area contributed by atoms with Crippen molar-refractivity contribution in [1.82, 2.24) is 10.2 Å². The predicted octanol–water partition coefficient (Wildman–Crippen LogP) is 1.65. The number of ether oxygens (including phenoxy) is 1. The van der Waals surface area contributed by atoms with E-state index in [1.165, 1.54) is 0 Å². The number of rotatable bonds is 5. The van der Waals surface area contributed by atoms with Gasteiger partial charge in [-0.25, -0.2) is 13.2 Å². The third-order valence-corrected chi connectivity index (χ3v) is 5.37. The van der Waals surface area contributed by atoms with Crippen molar-refractivity contribution < 1.29 is 17.9 Å². The molecule has 0 aromatic heterocycles. The van der Waals surface area contributed by atoms with Crippen LogP contribution in [0.5, 0.6) is 0 Å². The highest BCUT2D eigenvalue weighted by atomic mass is 32.2. The van der Waals surface area contributed by atoms with E-state index in [2.05, 4.69) is 5.32 Å². The van der Waals surface area contributed by atoms with E-state index in [4.69, 9.17) is 4.74 Å². The zero-order valence-electron chi connectivity index (χ0n) is 14.5. The van der Waals surface area contributed by atoms with Gasteiger partial charge in [-0.15, -0.1) is 0 Å². The van der Waals surface area contributed by atoms with E-state index < -0.39 is 32.3 Å². The molecular formula is C14H30N2O4S. The van der Waals surface area contributed by atoms with Crippen molar-refractivity contribution in [1.29, 1.82) is 0 Å². The van der Waals surface area contributed by atoms with Gasteiger partial charge >= 0.3 is 6.09 Å². The van der Waals surface area contributed by atoms with Crippen molar-refractivity contribution in [3.05, 3.63) is 0 Å². The number of nitrogens with zero attached hydrogens (tertiary/aromatic N) is 1. The molecule has 0 spiro atoms. The Bertz CT molecular complexity index is 445. The average molecular weight is 322 g/mol. The smallest absolute Gasteiger partial charge is 0.407 e. The van der Waals surface area contributed by atoms with Crippen LogP contribution in [0.3, 0.4) is 0 Å². The number of carbonyl (C=O) groups excluding carboxylic acids is 1. The molecule has 0 fully saturated rings. The Morgan fingerprint density at radius 1 is 1.14 bits per heavy atom. The van der Waals surface area contributed by atoms with Crippen molar-refractivity contribution in [2.24, 2.45) is 0 Å². The minimum atomic E-state index is -3.33. The monoisotopic (exact) mass is 322 g/mol. The Hall–Kier alpha value is -0.820. The Balaban J connectivity index is 4.95. The maximum Gasteiger partial charge on any atom is 0.407 e. The summed E-state index contributed by atoms with van der Waals surface area (Å²) in [5, 5.41) is 2.65. The molecule has 0 radical (unpaired) electrons. The first kappa shape index (κ1) is 20.2. The maximum atomic E-state index is 12.3. The second kappa shape index (κ2) is 6.96. The van der Waals surface area contributed by atoms with E-state index in [1.54, 1.807) is 41.5 Å². The number of nitrogens with one attached hydrogen (secondary N) is 1. The summed E-state index contributed by atoms with van der Waals surface area (Å²) in [6.07, 6.45) is -0.599. The fourth-order valence-corrected chi connectivity index (χ4v) is 2.79. The van der Waals surface area contributed by atoms with Crippen LogP contribution in [-0.4, -0.2) is 62.2 Å². The number of hydrogen-bond donors (Lipinski definition) is 1. The van der Waals surface area contributed by atoms with Gasteiger partial charge in [0.2, 0.25) is 0 Å². The van der Waals surface area contributed by atoms with Crippen LogP contribution >= 0.6 is 0 Å². The molecule has 1 atom stereocenters. The molecule has 6 nitrogen and oxygen atoms in total. The quantitative estimate of drug-likeness (QED) is 0.833. The number of carbonyl (C=O) groups is 1. The van der Waals surface area contributed by atoms with Gasteiger partial charge in [-0.2, -0.15) is 0 Å². The topological polar surface area (TPSA) is 75.7 Å². The van der Waals surface area contributed by atoms with Gasteiger partial charge < -0.3 is 15.0 Å². The standard InChI is InChI=1S/C14H30N2O4S/c1-13(2,3)20-12(17)15-11(9-16(7)8)10-21(18,19)14(4,5)6/h11H,9-10H2,1-8H3,(H,15,17). The molecule has 1 amide bonds. The van der Waals surface area contributed by atoms with E-state index in [-0.39, 0.29) is 5.75 Å². The molecule has 7 heteroatoms. The normalized spacial score (nSPS) is 14.9. The van der Waals surface area contributed by atoms with E-state index in [0.717, 1.165) is 0 Å². The molecule has 0 aromatic rings. The first-order chi connectivity index (χ1) is 9.14. The third kappa shape index (κ3) is 8.26. The summed E-state index contributed by atoms with van der Waals surface area (Å²) in [5.74, 6) is -0.117. The second-order valence-corrected chi connectivity index (χ2v) is 10.3. The number of amides is 1. The van der Waals surface area contributed by atoms with Gasteiger partial charge in [0.25, 0.3) is 0 Å². The average Bonchev–Trinajstić information content (AvgIpc) is 2.08. The summed E-state index contributed by atoms with van der Waals surface area (Å²) < 4.78 is 28.9. The molecule has 0 saturated heterocycles. The largest absolute Gasteiger partial charge is 0.444 e. The van der Waals surface area contributed by atoms with E-state index in [1.807, 2.05) is 19.0 Å². The lowest BCUT2D eigenvalue weighted by atomic mass is 10.2. The van der Waals surface area contributed by atoms with Gasteiger partial charge in [0.1, 0.15) is 5.60 Å². The molecule has 0 saturated carbocycles. The number of sulfone groups is 1. The highest BCUT2D eigenvalue weighted by Crippen LogP contribution is 2.17. The van der Waals surface area contributed by atoms with Gasteiger partial charge in [-0.05, 0) is 55.6 Å². The lowest BCUT2D eigenvalue weighted by molar-refractivity contribution is 0.0503. The zero-order valence-corrected chi connectivity index (χ0v) is 15.3. The molecule has 0 aliphatic rings. The van der Waals surface area contributed by atoms with Crippen LogP contribution in [-0.2, 0) is 14.6 Å². The van der Waals surface area contributed by atoms with Crippen molar-refractivity contribution in [3.8, 4) is 0 Å². The molecule has 0 aliphatic heterocycles. The van der Waals surface area contributed by atoms with Crippen molar-refractivity contribution in [3.63, 3.8) is 0 Å². The number of alkyl carbamates (subject to hydrolysis) is 1. The van der Waals surface area contributed by atoms with Crippen LogP contribution in [0.4, 0.5) is 4.79 Å². The maximum absolute atomic E-state index is 12.3.